The maximum atomic E-state index is 13.5. The van der Waals surface area contributed by atoms with Crippen molar-refractivity contribution in [2.24, 2.45) is 10.6 Å². The molecule has 0 bridgehead atoms. The number of aryl methyl sites for hydroxylation is 1. The van der Waals surface area contributed by atoms with Crippen LogP contribution < -0.4 is 14.9 Å². The van der Waals surface area contributed by atoms with Crippen LogP contribution in [0.15, 0.2) is 41.6 Å². The monoisotopic (exact) mass is 512 g/mol. The number of carbonyl (C=O) groups excluding carboxylic acids is 1. The van der Waals surface area contributed by atoms with Gasteiger partial charge in [0.25, 0.3) is 5.91 Å². The minimum absolute atomic E-state index is 0.260. The summed E-state index contributed by atoms with van der Waals surface area (Å²) in [5, 5.41) is 16.2. The fraction of sp³-hybridized carbons (Fsp3) is 0.462. The van der Waals surface area contributed by atoms with E-state index in [4.69, 9.17) is 9.94 Å². The number of oxime groups is 1. The highest BCUT2D eigenvalue weighted by molar-refractivity contribution is 7.92. The summed E-state index contributed by atoms with van der Waals surface area (Å²) < 4.78 is 27.0. The molecule has 2 fully saturated rings. The molecule has 0 aromatic heterocycles. The number of rotatable bonds is 8. The van der Waals surface area contributed by atoms with E-state index in [0.29, 0.717) is 28.0 Å². The van der Waals surface area contributed by atoms with Gasteiger partial charge in [0.05, 0.1) is 35.0 Å². The Hall–Kier alpha value is -3.11. The first kappa shape index (κ1) is 24.6. The van der Waals surface area contributed by atoms with Crippen LogP contribution in [0.2, 0.25) is 0 Å². The number of anilines is 3. The third kappa shape index (κ3) is 5.19. The van der Waals surface area contributed by atoms with Crippen molar-refractivity contribution in [3.63, 3.8) is 0 Å². The molecular weight excluding hydrogens is 480 g/mol. The number of amides is 1. The van der Waals surface area contributed by atoms with Crippen LogP contribution in [0.5, 0.6) is 0 Å². The standard InChI is InChI=1S/C26H32N4O5S/c1-35-28-23-7-3-18-2-4-19(16-22(18)23)27-25(32)21-6-5-20(29-36(33,34)15-14-31)17-24(21)30-12-10-26(8-9-26)11-13-30/h2,4-6,16-17,29,31H,3,7-15H2,1H3,(H,27,32)/b28-23-. The number of carbonyl (C=O) groups is 1. The van der Waals surface area contributed by atoms with E-state index >= 15 is 0 Å². The van der Waals surface area contributed by atoms with Gasteiger partial charge >= 0.3 is 0 Å². The summed E-state index contributed by atoms with van der Waals surface area (Å²) in [4.78, 5) is 20.6. The Labute approximate surface area is 211 Å². The van der Waals surface area contributed by atoms with Gasteiger partial charge in [-0.25, -0.2) is 8.42 Å². The summed E-state index contributed by atoms with van der Waals surface area (Å²) in [6, 6.07) is 10.8. The van der Waals surface area contributed by atoms with Crippen LogP contribution in [0.3, 0.4) is 0 Å². The molecule has 36 heavy (non-hydrogen) atoms. The van der Waals surface area contributed by atoms with Gasteiger partial charge < -0.3 is 20.2 Å². The smallest absolute Gasteiger partial charge is 0.257 e. The first-order valence-electron chi connectivity index (χ1n) is 12.4. The summed E-state index contributed by atoms with van der Waals surface area (Å²) in [5.41, 5.74) is 5.71. The molecule has 1 spiro atoms. The quantitative estimate of drug-likeness (QED) is 0.467. The predicted octanol–water partition coefficient (Wildman–Crippen LogP) is 3.35. The molecule has 0 unspecified atom stereocenters. The highest BCUT2D eigenvalue weighted by Gasteiger charge is 2.44. The minimum atomic E-state index is -3.68. The van der Waals surface area contributed by atoms with Crippen LogP contribution >= 0.6 is 0 Å². The van der Waals surface area contributed by atoms with Gasteiger partial charge in [-0.15, -0.1) is 0 Å². The summed E-state index contributed by atoms with van der Waals surface area (Å²) in [5.74, 6) is -0.645. The van der Waals surface area contributed by atoms with Gasteiger partial charge in [-0.3, -0.25) is 9.52 Å². The zero-order chi connectivity index (χ0) is 25.3. The Kier molecular flexibility index (Phi) is 6.65. The molecule has 2 aromatic carbocycles. The Morgan fingerprint density at radius 3 is 2.53 bits per heavy atom. The maximum absolute atomic E-state index is 13.5. The van der Waals surface area contributed by atoms with Gasteiger partial charge in [0, 0.05) is 24.3 Å². The largest absolute Gasteiger partial charge is 0.399 e. The Balaban J connectivity index is 1.42. The second kappa shape index (κ2) is 9.74. The van der Waals surface area contributed by atoms with Gasteiger partial charge in [-0.05, 0) is 79.8 Å². The van der Waals surface area contributed by atoms with Crippen molar-refractivity contribution in [1.82, 2.24) is 0 Å². The third-order valence-electron chi connectivity index (χ3n) is 7.51. The summed E-state index contributed by atoms with van der Waals surface area (Å²) in [7, 11) is -2.15. The van der Waals surface area contributed by atoms with Crippen molar-refractivity contribution in [1.29, 1.82) is 0 Å². The molecule has 1 heterocycles. The zero-order valence-corrected chi connectivity index (χ0v) is 21.2. The van der Waals surface area contributed by atoms with Crippen molar-refractivity contribution in [2.75, 3.05) is 47.5 Å². The van der Waals surface area contributed by atoms with Gasteiger partial charge in [-0.1, -0.05) is 11.2 Å². The number of nitrogens with zero attached hydrogens (tertiary/aromatic N) is 2. The van der Waals surface area contributed by atoms with Gasteiger partial charge in [0.15, 0.2) is 0 Å². The molecule has 2 aromatic rings. The average molecular weight is 513 g/mol. The SMILES string of the molecule is CO/N=C1/CCc2ccc(NC(=O)c3ccc(NS(=O)(=O)CCO)cc3N3CCC4(CC3)CC4)cc21. The summed E-state index contributed by atoms with van der Waals surface area (Å²) in [6.45, 7) is 1.18. The fourth-order valence-electron chi connectivity index (χ4n) is 5.23. The van der Waals surface area contributed by atoms with Crippen molar-refractivity contribution in [3.05, 3.63) is 53.1 Å². The number of hydrogen-bond donors (Lipinski definition) is 3. The lowest BCUT2D eigenvalue weighted by atomic mass is 9.93. The van der Waals surface area contributed by atoms with Gasteiger partial charge in [-0.2, -0.15) is 0 Å². The summed E-state index contributed by atoms with van der Waals surface area (Å²) >= 11 is 0. The number of nitrogens with one attached hydrogen (secondary N) is 2. The Bertz CT molecular complexity index is 1290. The molecule has 3 aliphatic rings. The molecule has 3 N–H and O–H groups in total. The number of fused-ring (bicyclic) bond motifs is 1. The third-order valence-corrected chi connectivity index (χ3v) is 8.78. The normalized spacial score (nSPS) is 19.3. The zero-order valence-electron chi connectivity index (χ0n) is 20.4. The molecule has 9 nitrogen and oxygen atoms in total. The number of piperidine rings is 1. The lowest BCUT2D eigenvalue weighted by Crippen LogP contribution is -2.35. The molecular formula is C26H32N4O5S. The van der Waals surface area contributed by atoms with E-state index in [-0.39, 0.29) is 11.7 Å². The van der Waals surface area contributed by atoms with E-state index in [1.807, 2.05) is 18.2 Å². The van der Waals surface area contributed by atoms with Crippen molar-refractivity contribution < 1.29 is 23.2 Å². The van der Waals surface area contributed by atoms with E-state index in [1.165, 1.54) is 25.5 Å². The number of sulfonamides is 1. The topological polar surface area (TPSA) is 120 Å². The average Bonchev–Trinajstić information content (AvgIpc) is 3.49. The van der Waals surface area contributed by atoms with Crippen molar-refractivity contribution in [3.8, 4) is 0 Å². The molecule has 192 valence electrons. The van der Waals surface area contributed by atoms with Crippen molar-refractivity contribution in [2.45, 2.75) is 38.5 Å². The number of hydrogen-bond acceptors (Lipinski definition) is 7. The minimum Gasteiger partial charge on any atom is -0.399 e. The molecule has 1 saturated carbocycles. The van der Waals surface area contributed by atoms with E-state index in [2.05, 4.69) is 20.1 Å². The first-order chi connectivity index (χ1) is 17.3. The Morgan fingerprint density at radius 2 is 1.83 bits per heavy atom. The van der Waals surface area contributed by atoms with Gasteiger partial charge in [0.2, 0.25) is 10.0 Å². The lowest BCUT2D eigenvalue weighted by molar-refractivity contribution is 0.102. The fourth-order valence-corrected chi connectivity index (χ4v) is 6.06. The van der Waals surface area contributed by atoms with Crippen LogP contribution in [-0.4, -0.2) is 57.7 Å². The molecule has 5 rings (SSSR count). The van der Waals surface area contributed by atoms with Crippen molar-refractivity contribution >= 4 is 38.7 Å². The highest BCUT2D eigenvalue weighted by atomic mass is 32.2. The van der Waals surface area contributed by atoms with E-state index < -0.39 is 16.6 Å². The number of aliphatic hydroxyl groups excluding tert-OH is 1. The van der Waals surface area contributed by atoms with Gasteiger partial charge in [0.1, 0.15) is 7.11 Å². The van der Waals surface area contributed by atoms with Crippen LogP contribution in [0.1, 0.15) is 53.6 Å². The van der Waals surface area contributed by atoms with Crippen LogP contribution in [0, 0.1) is 5.41 Å². The second-order valence-electron chi connectivity index (χ2n) is 9.91. The predicted molar refractivity (Wildman–Crippen MR) is 140 cm³/mol. The molecule has 10 heteroatoms. The van der Waals surface area contributed by atoms with Crippen LogP contribution in [0.4, 0.5) is 17.1 Å². The molecule has 1 saturated heterocycles. The summed E-state index contributed by atoms with van der Waals surface area (Å²) in [6.07, 6.45) is 6.36. The lowest BCUT2D eigenvalue weighted by Gasteiger charge is -2.35. The Morgan fingerprint density at radius 1 is 1.08 bits per heavy atom. The molecule has 0 atom stereocenters. The molecule has 1 amide bonds. The maximum Gasteiger partial charge on any atom is 0.257 e. The first-order valence-corrected chi connectivity index (χ1v) is 14.0. The van der Waals surface area contributed by atoms with E-state index in [9.17, 15) is 13.2 Å². The number of aliphatic hydroxyl groups is 1. The second-order valence-corrected chi connectivity index (χ2v) is 11.8. The highest BCUT2D eigenvalue weighted by Crippen LogP contribution is 2.54. The molecule has 1 aliphatic heterocycles. The van der Waals surface area contributed by atoms with Crippen LogP contribution in [0.25, 0.3) is 0 Å². The molecule has 0 radical (unpaired) electrons. The number of benzene rings is 2. The van der Waals surface area contributed by atoms with E-state index in [0.717, 1.165) is 50.0 Å². The van der Waals surface area contributed by atoms with E-state index in [1.54, 1.807) is 18.2 Å². The molecule has 2 aliphatic carbocycles. The van der Waals surface area contributed by atoms with Crippen LogP contribution in [-0.2, 0) is 21.3 Å².